The highest BCUT2D eigenvalue weighted by atomic mass is 16.2. The van der Waals surface area contributed by atoms with Crippen LogP contribution in [0.3, 0.4) is 0 Å². The second kappa shape index (κ2) is 6.57. The fourth-order valence-corrected chi connectivity index (χ4v) is 3.61. The maximum absolute atomic E-state index is 12.9. The van der Waals surface area contributed by atoms with Crippen LogP contribution in [0.5, 0.6) is 0 Å². The van der Waals surface area contributed by atoms with Crippen molar-refractivity contribution in [1.29, 1.82) is 0 Å². The molecular weight excluding hydrogens is 326 g/mol. The number of hydrogen-bond acceptors (Lipinski definition) is 3. The minimum absolute atomic E-state index is 0.0266. The van der Waals surface area contributed by atoms with Gasteiger partial charge in [-0.3, -0.25) is 9.59 Å². The third-order valence-corrected chi connectivity index (χ3v) is 5.18. The largest absolute Gasteiger partial charge is 0.325 e. The summed E-state index contributed by atoms with van der Waals surface area (Å²) in [4.78, 5) is 25.1. The summed E-state index contributed by atoms with van der Waals surface area (Å²) in [6, 6.07) is 13.0. The Morgan fingerprint density at radius 2 is 2.00 bits per heavy atom. The van der Waals surface area contributed by atoms with Gasteiger partial charge >= 0.3 is 0 Å². The van der Waals surface area contributed by atoms with Gasteiger partial charge in [-0.15, -0.1) is 0 Å². The summed E-state index contributed by atoms with van der Waals surface area (Å²) in [6.45, 7) is 1.65. The molecule has 2 amide bonds. The predicted octanol–water partition coefficient (Wildman–Crippen LogP) is 3.48. The molecule has 1 heterocycles. The SMILES string of the molecule is C[C@H](N)C(=O)Nc1cccc2c1-c1ccccc1C(CC1CC1)C(=O)N2. The Labute approximate surface area is 153 Å². The van der Waals surface area contributed by atoms with Gasteiger partial charge in [0.1, 0.15) is 0 Å². The van der Waals surface area contributed by atoms with E-state index in [0.29, 0.717) is 11.6 Å². The molecule has 2 atom stereocenters. The van der Waals surface area contributed by atoms with Crippen LogP contribution in [0.4, 0.5) is 11.4 Å². The quantitative estimate of drug-likeness (QED) is 0.790. The number of benzene rings is 2. The van der Waals surface area contributed by atoms with Crippen LogP contribution in [-0.2, 0) is 9.59 Å². The van der Waals surface area contributed by atoms with E-state index < -0.39 is 6.04 Å². The first kappa shape index (κ1) is 16.8. The fourth-order valence-electron chi connectivity index (χ4n) is 3.61. The molecule has 2 aromatic rings. The number of rotatable bonds is 4. The number of hydrogen-bond donors (Lipinski definition) is 3. The first-order valence-corrected chi connectivity index (χ1v) is 9.14. The summed E-state index contributed by atoms with van der Waals surface area (Å²) in [5.74, 6) is 0.250. The Bertz CT molecular complexity index is 871. The molecule has 1 aliphatic heterocycles. The highest BCUT2D eigenvalue weighted by molar-refractivity contribution is 6.08. The summed E-state index contributed by atoms with van der Waals surface area (Å²) in [5, 5.41) is 5.98. The summed E-state index contributed by atoms with van der Waals surface area (Å²) < 4.78 is 0. The smallest absolute Gasteiger partial charge is 0.241 e. The minimum atomic E-state index is -0.607. The molecule has 0 bridgehead atoms. The molecule has 0 spiro atoms. The van der Waals surface area contributed by atoms with Crippen LogP contribution in [0.1, 0.15) is 37.7 Å². The molecule has 5 nitrogen and oxygen atoms in total. The number of fused-ring (bicyclic) bond motifs is 3. The summed E-state index contributed by atoms with van der Waals surface area (Å²) in [7, 11) is 0. The normalized spacial score (nSPS) is 19.6. The van der Waals surface area contributed by atoms with E-state index in [0.717, 1.165) is 28.8 Å². The topological polar surface area (TPSA) is 84.2 Å². The van der Waals surface area contributed by atoms with Crippen LogP contribution in [0.15, 0.2) is 42.5 Å². The molecule has 0 radical (unpaired) electrons. The second-order valence-corrected chi connectivity index (χ2v) is 7.31. The van der Waals surface area contributed by atoms with Crippen molar-refractivity contribution in [3.05, 3.63) is 48.0 Å². The molecule has 2 aromatic carbocycles. The number of anilines is 2. The van der Waals surface area contributed by atoms with Gasteiger partial charge in [0.05, 0.1) is 23.3 Å². The van der Waals surface area contributed by atoms with E-state index in [1.165, 1.54) is 12.8 Å². The van der Waals surface area contributed by atoms with E-state index in [4.69, 9.17) is 5.73 Å². The third kappa shape index (κ3) is 3.10. The Morgan fingerprint density at radius 3 is 2.73 bits per heavy atom. The summed E-state index contributed by atoms with van der Waals surface area (Å²) >= 11 is 0. The highest BCUT2D eigenvalue weighted by Gasteiger charge is 2.34. The zero-order chi connectivity index (χ0) is 18.3. The number of amides is 2. The van der Waals surface area contributed by atoms with Crippen LogP contribution in [-0.4, -0.2) is 17.9 Å². The summed E-state index contributed by atoms with van der Waals surface area (Å²) in [5.41, 5.74) is 9.97. The first-order chi connectivity index (χ1) is 12.5. The van der Waals surface area contributed by atoms with Gasteiger partial charge in [0, 0.05) is 5.56 Å². The van der Waals surface area contributed by atoms with Crippen LogP contribution in [0.25, 0.3) is 11.1 Å². The molecule has 5 heteroatoms. The fraction of sp³-hybridized carbons (Fsp3) is 0.333. The lowest BCUT2D eigenvalue weighted by atomic mass is 9.87. The van der Waals surface area contributed by atoms with Gasteiger partial charge in [0.25, 0.3) is 0 Å². The number of nitrogens with one attached hydrogen (secondary N) is 2. The van der Waals surface area contributed by atoms with Gasteiger partial charge in [-0.2, -0.15) is 0 Å². The van der Waals surface area contributed by atoms with Crippen LogP contribution >= 0.6 is 0 Å². The van der Waals surface area contributed by atoms with Crippen LogP contribution in [0.2, 0.25) is 0 Å². The van der Waals surface area contributed by atoms with E-state index >= 15 is 0 Å². The molecule has 4 rings (SSSR count). The molecule has 0 aromatic heterocycles. The van der Waals surface area contributed by atoms with Crippen LogP contribution < -0.4 is 16.4 Å². The van der Waals surface area contributed by atoms with E-state index in [9.17, 15) is 9.59 Å². The number of nitrogens with two attached hydrogens (primary N) is 1. The Balaban J connectivity index is 1.84. The van der Waals surface area contributed by atoms with Gasteiger partial charge in [-0.05, 0) is 42.5 Å². The average Bonchev–Trinajstić information content (AvgIpc) is 3.44. The zero-order valence-corrected chi connectivity index (χ0v) is 14.8. The maximum atomic E-state index is 12.9. The molecule has 1 saturated carbocycles. The van der Waals surface area contributed by atoms with Gasteiger partial charge in [-0.25, -0.2) is 0 Å². The van der Waals surface area contributed by atoms with Crippen molar-refractivity contribution in [2.45, 2.75) is 38.1 Å². The standard InChI is InChI=1S/C21H23N3O2/c1-12(22)20(25)23-17-7-4-8-18-19(17)15-6-3-2-5-14(15)16(21(26)24-18)11-13-9-10-13/h2-8,12-13,16H,9-11,22H2,1H3,(H,23,25)(H,24,26)/t12-,16?/m0/s1. The van der Waals surface area contributed by atoms with E-state index in [1.54, 1.807) is 6.92 Å². The molecule has 134 valence electrons. The molecular formula is C21H23N3O2. The molecule has 1 unspecified atom stereocenters. The van der Waals surface area contributed by atoms with Gasteiger partial charge < -0.3 is 16.4 Å². The monoisotopic (exact) mass is 349 g/mol. The van der Waals surface area contributed by atoms with E-state index in [2.05, 4.69) is 10.6 Å². The summed E-state index contributed by atoms with van der Waals surface area (Å²) in [6.07, 6.45) is 3.28. The lowest BCUT2D eigenvalue weighted by Crippen LogP contribution is -2.32. The van der Waals surface area contributed by atoms with Gasteiger partial charge in [0.15, 0.2) is 0 Å². The van der Waals surface area contributed by atoms with Crippen molar-refractivity contribution in [2.24, 2.45) is 11.7 Å². The second-order valence-electron chi connectivity index (χ2n) is 7.31. The van der Waals surface area contributed by atoms with Crippen molar-refractivity contribution in [1.82, 2.24) is 0 Å². The predicted molar refractivity (Wildman–Crippen MR) is 103 cm³/mol. The molecule has 0 saturated heterocycles. The van der Waals surface area contributed by atoms with Crippen molar-refractivity contribution in [2.75, 3.05) is 10.6 Å². The van der Waals surface area contributed by atoms with Gasteiger partial charge in [0.2, 0.25) is 11.8 Å². The number of carbonyl (C=O) groups excluding carboxylic acids is 2. The van der Waals surface area contributed by atoms with Crippen molar-refractivity contribution < 1.29 is 9.59 Å². The zero-order valence-electron chi connectivity index (χ0n) is 14.8. The lowest BCUT2D eigenvalue weighted by molar-refractivity contribution is -0.118. The molecule has 2 aliphatic rings. The maximum Gasteiger partial charge on any atom is 0.241 e. The molecule has 4 N–H and O–H groups in total. The van der Waals surface area contributed by atoms with E-state index in [1.807, 2.05) is 42.5 Å². The van der Waals surface area contributed by atoms with E-state index in [-0.39, 0.29) is 17.7 Å². The van der Waals surface area contributed by atoms with Crippen LogP contribution in [0, 0.1) is 5.92 Å². The van der Waals surface area contributed by atoms with Crippen molar-refractivity contribution in [3.8, 4) is 11.1 Å². The lowest BCUT2D eigenvalue weighted by Gasteiger charge is -2.17. The number of carbonyl (C=O) groups is 2. The highest BCUT2D eigenvalue weighted by Crippen LogP contribution is 2.46. The van der Waals surface area contributed by atoms with Crippen molar-refractivity contribution >= 4 is 23.2 Å². The average molecular weight is 349 g/mol. The molecule has 1 aliphatic carbocycles. The van der Waals surface area contributed by atoms with Gasteiger partial charge in [-0.1, -0.05) is 43.2 Å². The van der Waals surface area contributed by atoms with Crippen molar-refractivity contribution in [3.63, 3.8) is 0 Å². The Kier molecular flexibility index (Phi) is 4.24. The Hall–Kier alpha value is -2.66. The first-order valence-electron chi connectivity index (χ1n) is 9.14. The third-order valence-electron chi connectivity index (χ3n) is 5.18. The molecule has 26 heavy (non-hydrogen) atoms. The molecule has 1 fully saturated rings. The Morgan fingerprint density at radius 1 is 1.23 bits per heavy atom. The minimum Gasteiger partial charge on any atom is -0.325 e.